The maximum atomic E-state index is 12.6. The first-order chi connectivity index (χ1) is 16.1. The number of methoxy groups -OCH3 is 1. The molecule has 0 atom stereocenters. The predicted octanol–water partition coefficient (Wildman–Crippen LogP) is 5.16. The number of ether oxygens (including phenoxy) is 1. The molecule has 3 heterocycles. The number of hydrogen-bond acceptors (Lipinski definition) is 5. The summed E-state index contributed by atoms with van der Waals surface area (Å²) in [6.07, 6.45) is 3.63. The first-order valence-corrected chi connectivity index (χ1v) is 11.5. The van der Waals surface area contributed by atoms with Crippen molar-refractivity contribution in [3.05, 3.63) is 107 Å². The van der Waals surface area contributed by atoms with Crippen molar-refractivity contribution in [2.24, 2.45) is 0 Å². The Labute approximate surface area is 195 Å². The van der Waals surface area contributed by atoms with Crippen molar-refractivity contribution in [2.45, 2.75) is 17.8 Å². The van der Waals surface area contributed by atoms with Gasteiger partial charge in [-0.1, -0.05) is 54.2 Å². The van der Waals surface area contributed by atoms with Gasteiger partial charge in [-0.15, -0.1) is 0 Å². The number of pyridine rings is 1. The van der Waals surface area contributed by atoms with Crippen molar-refractivity contribution in [1.82, 2.24) is 18.9 Å². The summed E-state index contributed by atoms with van der Waals surface area (Å²) in [6, 6.07) is 23.4. The molecule has 0 bridgehead atoms. The van der Waals surface area contributed by atoms with Crippen LogP contribution in [0.3, 0.4) is 0 Å². The minimum Gasteiger partial charge on any atom is -0.495 e. The van der Waals surface area contributed by atoms with Crippen LogP contribution in [0, 0.1) is 6.92 Å². The first kappa shape index (κ1) is 21.0. The van der Waals surface area contributed by atoms with Crippen LogP contribution in [0.2, 0.25) is 0 Å². The zero-order valence-electron chi connectivity index (χ0n) is 18.3. The number of aromatic nitrogens is 4. The third-order valence-electron chi connectivity index (χ3n) is 5.35. The Bertz CT molecular complexity index is 1490. The third-order valence-corrected chi connectivity index (χ3v) is 6.34. The lowest BCUT2D eigenvalue weighted by Gasteiger charge is -2.15. The number of imidazole rings is 1. The van der Waals surface area contributed by atoms with Gasteiger partial charge < -0.3 is 4.74 Å². The molecule has 0 aliphatic carbocycles. The average Bonchev–Trinajstić information content (AvgIpc) is 3.26. The molecule has 6 nitrogen and oxygen atoms in total. The largest absolute Gasteiger partial charge is 0.495 e. The average molecular weight is 455 g/mol. The molecule has 0 saturated carbocycles. The molecular formula is C26H22N4O2S. The lowest BCUT2D eigenvalue weighted by molar-refractivity contribution is 0.412. The summed E-state index contributed by atoms with van der Waals surface area (Å²) in [4.78, 5) is 22.0. The van der Waals surface area contributed by atoms with Gasteiger partial charge in [-0.25, -0.2) is 9.97 Å². The van der Waals surface area contributed by atoms with E-state index in [1.54, 1.807) is 23.8 Å². The van der Waals surface area contributed by atoms with Gasteiger partial charge in [-0.2, -0.15) is 0 Å². The number of rotatable bonds is 6. The summed E-state index contributed by atoms with van der Waals surface area (Å²) >= 11 is 1.54. The number of fused-ring (bicyclic) bond motifs is 1. The predicted molar refractivity (Wildman–Crippen MR) is 131 cm³/mol. The molecule has 33 heavy (non-hydrogen) atoms. The molecule has 0 saturated heterocycles. The molecule has 7 heteroatoms. The molecule has 0 N–H and O–H groups in total. The van der Waals surface area contributed by atoms with E-state index in [9.17, 15) is 4.79 Å². The highest BCUT2D eigenvalue weighted by Crippen LogP contribution is 2.34. The highest BCUT2D eigenvalue weighted by molar-refractivity contribution is 7.98. The van der Waals surface area contributed by atoms with E-state index in [1.807, 2.05) is 67.7 Å². The maximum absolute atomic E-state index is 12.6. The lowest BCUT2D eigenvalue weighted by atomic mass is 10.1. The van der Waals surface area contributed by atoms with Crippen LogP contribution in [0.15, 0.2) is 95.1 Å². The van der Waals surface area contributed by atoms with E-state index in [4.69, 9.17) is 14.7 Å². The van der Waals surface area contributed by atoms with Crippen molar-refractivity contribution in [3.8, 4) is 22.7 Å². The molecule has 0 radical (unpaired) electrons. The Balaban J connectivity index is 1.56. The Morgan fingerprint density at radius 1 is 1.00 bits per heavy atom. The zero-order chi connectivity index (χ0) is 22.8. The second-order valence-corrected chi connectivity index (χ2v) is 8.55. The van der Waals surface area contributed by atoms with Gasteiger partial charge in [-0.05, 0) is 36.8 Å². The summed E-state index contributed by atoms with van der Waals surface area (Å²) in [6.45, 7) is 1.99. The quantitative estimate of drug-likeness (QED) is 0.332. The fraction of sp³-hybridized carbons (Fsp3) is 0.115. The molecular weight excluding hydrogens is 432 g/mol. The van der Waals surface area contributed by atoms with Crippen molar-refractivity contribution < 1.29 is 4.74 Å². The number of thioether (sulfide) groups is 1. The number of para-hydroxylation sites is 2. The normalized spacial score (nSPS) is 11.1. The minimum absolute atomic E-state index is 0.0892. The van der Waals surface area contributed by atoms with Crippen molar-refractivity contribution in [3.63, 3.8) is 0 Å². The van der Waals surface area contributed by atoms with Crippen LogP contribution >= 0.6 is 11.8 Å². The van der Waals surface area contributed by atoms with Gasteiger partial charge in [0.2, 0.25) is 0 Å². The fourth-order valence-corrected chi connectivity index (χ4v) is 4.64. The van der Waals surface area contributed by atoms with E-state index in [2.05, 4.69) is 16.7 Å². The topological polar surface area (TPSA) is 61.4 Å². The van der Waals surface area contributed by atoms with E-state index in [-0.39, 0.29) is 5.56 Å². The maximum Gasteiger partial charge on any atom is 0.258 e. The lowest BCUT2D eigenvalue weighted by Crippen LogP contribution is -2.15. The first-order valence-electron chi connectivity index (χ1n) is 10.5. The molecule has 0 fully saturated rings. The van der Waals surface area contributed by atoms with Crippen LogP contribution in [-0.4, -0.2) is 26.0 Å². The Morgan fingerprint density at radius 2 is 1.79 bits per heavy atom. The molecule has 164 valence electrons. The second-order valence-electron chi connectivity index (χ2n) is 7.61. The molecule has 0 amide bonds. The third kappa shape index (κ3) is 4.15. The van der Waals surface area contributed by atoms with Gasteiger partial charge in [-0.3, -0.25) is 13.8 Å². The molecule has 0 unspecified atom stereocenters. The Kier molecular flexibility index (Phi) is 5.71. The van der Waals surface area contributed by atoms with Crippen molar-refractivity contribution >= 4 is 17.4 Å². The highest BCUT2D eigenvalue weighted by atomic mass is 32.2. The van der Waals surface area contributed by atoms with E-state index in [0.29, 0.717) is 17.1 Å². The summed E-state index contributed by atoms with van der Waals surface area (Å²) in [5, 5.41) is 0.796. The summed E-state index contributed by atoms with van der Waals surface area (Å²) in [7, 11) is 1.67. The van der Waals surface area contributed by atoms with Gasteiger partial charge in [0.05, 0.1) is 30.4 Å². The Morgan fingerprint density at radius 3 is 2.61 bits per heavy atom. The zero-order valence-corrected chi connectivity index (χ0v) is 19.1. The van der Waals surface area contributed by atoms with E-state index in [0.717, 1.165) is 33.4 Å². The van der Waals surface area contributed by atoms with Gasteiger partial charge in [0.15, 0.2) is 5.16 Å². The van der Waals surface area contributed by atoms with Gasteiger partial charge >= 0.3 is 0 Å². The van der Waals surface area contributed by atoms with Gasteiger partial charge in [0, 0.05) is 23.6 Å². The van der Waals surface area contributed by atoms with Gasteiger partial charge in [0.25, 0.3) is 5.56 Å². The van der Waals surface area contributed by atoms with Gasteiger partial charge in [0.1, 0.15) is 11.4 Å². The smallest absolute Gasteiger partial charge is 0.258 e. The van der Waals surface area contributed by atoms with Crippen LogP contribution in [0.4, 0.5) is 0 Å². The number of nitrogens with zero attached hydrogens (tertiary/aromatic N) is 4. The number of hydrogen-bond donors (Lipinski definition) is 0. The molecule has 2 aromatic carbocycles. The minimum atomic E-state index is -0.0892. The molecule has 0 aliphatic rings. The standard InChI is InChI=1S/C26H22N4O2S/c1-18-12-13-29-24(14-18)28-20(15-25(29)31)17-33-26-27-16-22(19-8-4-3-5-9-19)30(26)21-10-6-7-11-23(21)32-2/h3-16H,17H2,1-2H3. The van der Waals surface area contributed by atoms with Crippen LogP contribution < -0.4 is 10.3 Å². The van der Waals surface area contributed by atoms with E-state index < -0.39 is 0 Å². The van der Waals surface area contributed by atoms with Crippen LogP contribution in [0.5, 0.6) is 5.75 Å². The molecule has 5 aromatic rings. The summed E-state index contributed by atoms with van der Waals surface area (Å²) in [5.41, 5.74) is 5.26. The fourth-order valence-electron chi connectivity index (χ4n) is 3.76. The Hall–Kier alpha value is -3.84. The van der Waals surface area contributed by atoms with Crippen LogP contribution in [0.1, 0.15) is 11.3 Å². The second kappa shape index (κ2) is 8.96. The van der Waals surface area contributed by atoms with E-state index in [1.165, 1.54) is 11.8 Å². The molecule has 0 aliphatic heterocycles. The molecule has 5 rings (SSSR count). The van der Waals surface area contributed by atoms with Crippen LogP contribution in [-0.2, 0) is 5.75 Å². The molecule has 3 aromatic heterocycles. The molecule has 0 spiro atoms. The van der Waals surface area contributed by atoms with Crippen molar-refractivity contribution in [1.29, 1.82) is 0 Å². The number of benzene rings is 2. The number of aryl methyl sites for hydroxylation is 1. The van der Waals surface area contributed by atoms with Crippen molar-refractivity contribution in [2.75, 3.05) is 7.11 Å². The van der Waals surface area contributed by atoms with E-state index >= 15 is 0 Å². The summed E-state index contributed by atoms with van der Waals surface area (Å²) < 4.78 is 9.29. The SMILES string of the molecule is COc1ccccc1-n1c(-c2ccccc2)cnc1SCc1cc(=O)n2ccc(C)cc2n1. The monoisotopic (exact) mass is 454 g/mol. The summed E-state index contributed by atoms with van der Waals surface area (Å²) in [5.74, 6) is 1.27. The highest BCUT2D eigenvalue weighted by Gasteiger charge is 2.17. The van der Waals surface area contributed by atoms with Crippen LogP contribution in [0.25, 0.3) is 22.6 Å².